The van der Waals surface area contributed by atoms with Gasteiger partial charge in [-0.25, -0.2) is 4.68 Å². The van der Waals surface area contributed by atoms with Crippen molar-refractivity contribution in [1.29, 1.82) is 0 Å². The molecule has 9 heteroatoms. The van der Waals surface area contributed by atoms with Crippen molar-refractivity contribution in [3.8, 4) is 5.75 Å². The van der Waals surface area contributed by atoms with E-state index in [9.17, 15) is 4.79 Å². The Morgan fingerprint density at radius 3 is 2.88 bits per heavy atom. The van der Waals surface area contributed by atoms with Crippen LogP contribution in [0.25, 0.3) is 0 Å². The zero-order valence-electron chi connectivity index (χ0n) is 14.2. The molecule has 2 aromatic heterocycles. The molecule has 3 aromatic rings. The molecule has 0 saturated carbocycles. The van der Waals surface area contributed by atoms with Gasteiger partial charge in [0.05, 0.1) is 42.5 Å². The zero-order chi connectivity index (χ0) is 17.8. The SMILES string of the molecule is COc1cccc(CNC(=O)c2nnn(Cc3nsnc3C)c2C)c1. The fourth-order valence-corrected chi connectivity index (χ4v) is 2.86. The molecule has 130 valence electrons. The monoisotopic (exact) mass is 358 g/mol. The smallest absolute Gasteiger partial charge is 0.274 e. The lowest BCUT2D eigenvalue weighted by atomic mass is 10.2. The van der Waals surface area contributed by atoms with Crippen LogP contribution in [-0.2, 0) is 13.1 Å². The van der Waals surface area contributed by atoms with Gasteiger partial charge in [-0.2, -0.15) is 8.75 Å². The number of methoxy groups -OCH3 is 1. The van der Waals surface area contributed by atoms with Crippen LogP contribution in [0.1, 0.15) is 33.1 Å². The van der Waals surface area contributed by atoms with Crippen molar-refractivity contribution in [1.82, 2.24) is 29.1 Å². The highest BCUT2D eigenvalue weighted by molar-refractivity contribution is 6.99. The van der Waals surface area contributed by atoms with Gasteiger partial charge in [0.15, 0.2) is 5.69 Å². The second-order valence-corrected chi connectivity index (χ2v) is 6.04. The molecule has 8 nitrogen and oxygen atoms in total. The topological polar surface area (TPSA) is 94.8 Å². The summed E-state index contributed by atoms with van der Waals surface area (Å²) in [6.45, 7) is 4.55. The van der Waals surface area contributed by atoms with Crippen LogP contribution < -0.4 is 10.1 Å². The lowest BCUT2D eigenvalue weighted by Crippen LogP contribution is -2.24. The number of carbonyl (C=O) groups excluding carboxylic acids is 1. The van der Waals surface area contributed by atoms with Gasteiger partial charge >= 0.3 is 0 Å². The van der Waals surface area contributed by atoms with Gasteiger partial charge in [0, 0.05) is 6.54 Å². The Hall–Kier alpha value is -2.81. The maximum atomic E-state index is 12.4. The standard InChI is InChI=1S/C16H18N6O2S/c1-10-14(20-25-19-10)9-22-11(2)15(18-21-22)16(23)17-8-12-5-4-6-13(7-12)24-3/h4-7H,8-9H2,1-3H3,(H,17,23). The Bertz CT molecular complexity index is 888. The second-order valence-electron chi connectivity index (χ2n) is 5.51. The van der Waals surface area contributed by atoms with Crippen molar-refractivity contribution < 1.29 is 9.53 Å². The molecule has 0 fully saturated rings. The van der Waals surface area contributed by atoms with E-state index in [1.807, 2.05) is 38.1 Å². The summed E-state index contributed by atoms with van der Waals surface area (Å²) in [5, 5.41) is 10.9. The maximum absolute atomic E-state index is 12.4. The van der Waals surface area contributed by atoms with Gasteiger partial charge in [-0.15, -0.1) is 5.10 Å². The fourth-order valence-electron chi connectivity index (χ4n) is 2.30. The van der Waals surface area contributed by atoms with Crippen LogP contribution in [-0.4, -0.2) is 36.8 Å². The van der Waals surface area contributed by atoms with Gasteiger partial charge in [0.1, 0.15) is 5.75 Å². The number of aryl methyl sites for hydroxylation is 1. The van der Waals surface area contributed by atoms with E-state index in [2.05, 4.69) is 24.4 Å². The Labute approximate surface area is 149 Å². The van der Waals surface area contributed by atoms with Gasteiger partial charge < -0.3 is 10.1 Å². The van der Waals surface area contributed by atoms with Crippen molar-refractivity contribution in [2.75, 3.05) is 7.11 Å². The molecule has 1 amide bonds. The van der Waals surface area contributed by atoms with Crippen LogP contribution in [0.5, 0.6) is 5.75 Å². The highest BCUT2D eigenvalue weighted by atomic mass is 32.1. The molecule has 25 heavy (non-hydrogen) atoms. The molecule has 2 heterocycles. The van der Waals surface area contributed by atoms with Gasteiger partial charge in [-0.3, -0.25) is 4.79 Å². The third-order valence-electron chi connectivity index (χ3n) is 3.83. The van der Waals surface area contributed by atoms with Crippen molar-refractivity contribution in [3.63, 3.8) is 0 Å². The molecule has 0 radical (unpaired) electrons. The van der Waals surface area contributed by atoms with Crippen LogP contribution in [0.3, 0.4) is 0 Å². The summed E-state index contributed by atoms with van der Waals surface area (Å²) in [5.41, 5.74) is 3.64. The van der Waals surface area contributed by atoms with Crippen molar-refractivity contribution in [2.45, 2.75) is 26.9 Å². The number of hydrogen-bond acceptors (Lipinski definition) is 7. The highest BCUT2D eigenvalue weighted by Gasteiger charge is 2.17. The van der Waals surface area contributed by atoms with Crippen LogP contribution >= 0.6 is 11.7 Å². The largest absolute Gasteiger partial charge is 0.497 e. The molecule has 1 N–H and O–H groups in total. The number of nitrogens with one attached hydrogen (secondary N) is 1. The van der Waals surface area contributed by atoms with Crippen LogP contribution in [0, 0.1) is 13.8 Å². The summed E-state index contributed by atoms with van der Waals surface area (Å²) in [6.07, 6.45) is 0. The molecular weight excluding hydrogens is 340 g/mol. The van der Waals surface area contributed by atoms with E-state index in [0.717, 1.165) is 34.4 Å². The minimum Gasteiger partial charge on any atom is -0.497 e. The summed E-state index contributed by atoms with van der Waals surface area (Å²) in [7, 11) is 1.61. The maximum Gasteiger partial charge on any atom is 0.274 e. The Kier molecular flexibility index (Phi) is 5.03. The number of hydrogen-bond donors (Lipinski definition) is 1. The quantitative estimate of drug-likeness (QED) is 0.721. The van der Waals surface area contributed by atoms with Gasteiger partial charge in [-0.05, 0) is 31.5 Å². The van der Waals surface area contributed by atoms with E-state index < -0.39 is 0 Å². The Morgan fingerprint density at radius 1 is 1.32 bits per heavy atom. The first-order valence-corrected chi connectivity index (χ1v) is 8.40. The van der Waals surface area contributed by atoms with E-state index in [0.29, 0.717) is 24.5 Å². The number of nitrogens with zero attached hydrogens (tertiary/aromatic N) is 5. The molecular formula is C16H18N6O2S. The van der Waals surface area contributed by atoms with E-state index >= 15 is 0 Å². The van der Waals surface area contributed by atoms with Crippen molar-refractivity contribution >= 4 is 17.6 Å². The number of amides is 1. The molecule has 0 spiro atoms. The molecule has 0 bridgehead atoms. The lowest BCUT2D eigenvalue weighted by Gasteiger charge is -2.06. The van der Waals surface area contributed by atoms with E-state index in [1.54, 1.807) is 11.8 Å². The zero-order valence-corrected chi connectivity index (χ0v) is 15.0. The molecule has 0 aliphatic rings. The van der Waals surface area contributed by atoms with Gasteiger partial charge in [0.25, 0.3) is 5.91 Å². The second kappa shape index (κ2) is 7.39. The summed E-state index contributed by atoms with van der Waals surface area (Å²) in [5.74, 6) is 0.487. The number of ether oxygens (including phenoxy) is 1. The first kappa shape index (κ1) is 17.0. The predicted molar refractivity (Wildman–Crippen MR) is 92.7 cm³/mol. The van der Waals surface area contributed by atoms with Gasteiger partial charge in [0.2, 0.25) is 0 Å². The average Bonchev–Trinajstić information content (AvgIpc) is 3.20. The average molecular weight is 358 g/mol. The van der Waals surface area contributed by atoms with Crippen LogP contribution in [0.15, 0.2) is 24.3 Å². The highest BCUT2D eigenvalue weighted by Crippen LogP contribution is 2.13. The van der Waals surface area contributed by atoms with E-state index in [1.165, 1.54) is 0 Å². The predicted octanol–water partition coefficient (Wildman–Crippen LogP) is 1.73. The van der Waals surface area contributed by atoms with Crippen molar-refractivity contribution in [3.05, 3.63) is 52.6 Å². The number of rotatable bonds is 6. The third-order valence-corrected chi connectivity index (χ3v) is 4.49. The first-order valence-electron chi connectivity index (χ1n) is 7.67. The fraction of sp³-hybridized carbons (Fsp3) is 0.312. The van der Waals surface area contributed by atoms with E-state index in [4.69, 9.17) is 4.74 Å². The molecule has 0 atom stereocenters. The summed E-state index contributed by atoms with van der Waals surface area (Å²) in [4.78, 5) is 12.4. The van der Waals surface area contributed by atoms with Gasteiger partial charge in [-0.1, -0.05) is 17.3 Å². The Balaban J connectivity index is 1.67. The third kappa shape index (κ3) is 3.82. The summed E-state index contributed by atoms with van der Waals surface area (Å²) >= 11 is 1.16. The summed E-state index contributed by atoms with van der Waals surface area (Å²) < 4.78 is 15.2. The minimum absolute atomic E-state index is 0.264. The van der Waals surface area contributed by atoms with E-state index in [-0.39, 0.29) is 5.91 Å². The number of carbonyl (C=O) groups is 1. The minimum atomic E-state index is -0.264. The molecule has 0 aliphatic carbocycles. The number of benzene rings is 1. The van der Waals surface area contributed by atoms with Crippen molar-refractivity contribution in [2.24, 2.45) is 0 Å². The molecule has 1 aromatic carbocycles. The number of aromatic nitrogens is 5. The molecule has 0 aliphatic heterocycles. The Morgan fingerprint density at radius 2 is 2.16 bits per heavy atom. The molecule has 3 rings (SSSR count). The molecule has 0 saturated heterocycles. The molecule has 0 unspecified atom stereocenters. The lowest BCUT2D eigenvalue weighted by molar-refractivity contribution is 0.0945. The van der Waals surface area contributed by atoms with Crippen LogP contribution in [0.2, 0.25) is 0 Å². The normalized spacial score (nSPS) is 10.7. The van der Waals surface area contributed by atoms with Crippen LogP contribution in [0.4, 0.5) is 0 Å². The first-order chi connectivity index (χ1) is 12.1. The summed E-state index contributed by atoms with van der Waals surface area (Å²) in [6, 6.07) is 7.54.